The molecule has 0 bridgehead atoms. The van der Waals surface area contributed by atoms with Gasteiger partial charge in [0.15, 0.2) is 11.7 Å². The van der Waals surface area contributed by atoms with Gasteiger partial charge in [0.25, 0.3) is 5.91 Å². The largest absolute Gasteiger partial charge is 0.483 e. The topological polar surface area (TPSA) is 51.2 Å². The predicted molar refractivity (Wildman–Crippen MR) is 107 cm³/mol. The first-order valence-corrected chi connectivity index (χ1v) is 9.35. The molecule has 0 atom stereocenters. The van der Waals surface area contributed by atoms with Crippen LogP contribution < -0.4 is 10.1 Å². The van der Waals surface area contributed by atoms with Crippen LogP contribution in [0.25, 0.3) is 11.3 Å². The number of ether oxygens (including phenoxy) is 1. The molecule has 3 rings (SSSR count). The maximum absolute atomic E-state index is 12.2. The molecule has 1 heterocycles. The van der Waals surface area contributed by atoms with E-state index in [0.717, 1.165) is 33.0 Å². The molecule has 0 aliphatic heterocycles. The van der Waals surface area contributed by atoms with E-state index >= 15 is 0 Å². The lowest BCUT2D eigenvalue weighted by molar-refractivity contribution is -0.118. The van der Waals surface area contributed by atoms with Crippen molar-refractivity contribution in [3.8, 4) is 17.0 Å². The van der Waals surface area contributed by atoms with Gasteiger partial charge < -0.3 is 4.74 Å². The Morgan fingerprint density at radius 1 is 1.15 bits per heavy atom. The van der Waals surface area contributed by atoms with E-state index in [-0.39, 0.29) is 12.5 Å². The van der Waals surface area contributed by atoms with Crippen LogP contribution in [0.15, 0.2) is 42.5 Å². The zero-order valence-corrected chi connectivity index (χ0v) is 16.4. The van der Waals surface area contributed by atoms with Crippen molar-refractivity contribution in [2.45, 2.75) is 20.8 Å². The number of benzene rings is 2. The maximum atomic E-state index is 12.2. The third kappa shape index (κ3) is 4.23. The number of hydrogen-bond donors (Lipinski definition) is 1. The van der Waals surface area contributed by atoms with Crippen molar-refractivity contribution in [1.29, 1.82) is 0 Å². The number of halogens is 1. The summed E-state index contributed by atoms with van der Waals surface area (Å²) in [5, 5.41) is 4.01. The number of amides is 1. The number of hydrogen-bond acceptors (Lipinski definition) is 4. The Balaban J connectivity index is 1.68. The molecule has 1 amide bonds. The maximum Gasteiger partial charge on any atom is 0.264 e. The average molecular weight is 387 g/mol. The molecule has 0 saturated heterocycles. The summed E-state index contributed by atoms with van der Waals surface area (Å²) in [5.41, 5.74) is 3.76. The molecule has 1 N–H and O–H groups in total. The second-order valence-electron chi connectivity index (χ2n) is 5.99. The first kappa shape index (κ1) is 18.4. The van der Waals surface area contributed by atoms with Crippen molar-refractivity contribution in [2.75, 3.05) is 11.9 Å². The molecule has 2 aromatic carbocycles. The van der Waals surface area contributed by atoms with Crippen molar-refractivity contribution >= 4 is 34.0 Å². The van der Waals surface area contributed by atoms with Gasteiger partial charge in [-0.3, -0.25) is 10.1 Å². The zero-order chi connectivity index (χ0) is 18.7. The van der Waals surface area contributed by atoms with Gasteiger partial charge in [0.05, 0.1) is 5.69 Å². The molecular weight excluding hydrogens is 368 g/mol. The minimum absolute atomic E-state index is 0.0587. The van der Waals surface area contributed by atoms with Crippen LogP contribution in [0.3, 0.4) is 0 Å². The smallest absolute Gasteiger partial charge is 0.264 e. The van der Waals surface area contributed by atoms with Gasteiger partial charge in [-0.15, -0.1) is 11.3 Å². The van der Waals surface area contributed by atoms with Gasteiger partial charge in [-0.05, 0) is 44.0 Å². The summed E-state index contributed by atoms with van der Waals surface area (Å²) in [7, 11) is 0. The molecule has 26 heavy (non-hydrogen) atoms. The lowest BCUT2D eigenvalue weighted by Gasteiger charge is -2.11. The van der Waals surface area contributed by atoms with Crippen LogP contribution in [0.5, 0.6) is 5.75 Å². The number of carbonyl (C=O) groups excluding carboxylic acids is 1. The highest BCUT2D eigenvalue weighted by molar-refractivity contribution is 7.16. The van der Waals surface area contributed by atoms with E-state index in [1.807, 2.05) is 63.2 Å². The van der Waals surface area contributed by atoms with E-state index in [4.69, 9.17) is 16.3 Å². The molecular formula is C20H19ClN2O2S. The van der Waals surface area contributed by atoms with E-state index < -0.39 is 0 Å². The fourth-order valence-corrected chi connectivity index (χ4v) is 3.72. The number of aryl methyl sites for hydroxylation is 3. The molecule has 4 nitrogen and oxygen atoms in total. The Hall–Kier alpha value is -2.37. The SMILES string of the molecule is Cc1cccc(C)c1OCC(=O)Nc1nc(-c2cccc(Cl)c2)c(C)s1. The number of nitrogens with one attached hydrogen (secondary N) is 1. The number of thiazole rings is 1. The lowest BCUT2D eigenvalue weighted by Crippen LogP contribution is -2.20. The van der Waals surface area contributed by atoms with E-state index in [0.29, 0.717) is 10.2 Å². The number of anilines is 1. The standard InChI is InChI=1S/C20H19ClN2O2S/c1-12-6-4-7-13(2)19(12)25-11-17(24)22-20-23-18(14(3)26-20)15-8-5-9-16(21)10-15/h4-10H,11H2,1-3H3,(H,22,23,24). The van der Waals surface area contributed by atoms with Crippen LogP contribution in [0.2, 0.25) is 5.02 Å². The molecule has 0 unspecified atom stereocenters. The number of aromatic nitrogens is 1. The number of nitrogens with zero attached hydrogens (tertiary/aromatic N) is 1. The number of rotatable bonds is 5. The van der Waals surface area contributed by atoms with Crippen molar-refractivity contribution < 1.29 is 9.53 Å². The van der Waals surface area contributed by atoms with E-state index in [1.165, 1.54) is 11.3 Å². The Morgan fingerprint density at radius 2 is 1.85 bits per heavy atom. The minimum Gasteiger partial charge on any atom is -0.483 e. The first-order valence-electron chi connectivity index (χ1n) is 8.16. The summed E-state index contributed by atoms with van der Waals surface area (Å²) in [5.74, 6) is 0.511. The highest BCUT2D eigenvalue weighted by atomic mass is 35.5. The van der Waals surface area contributed by atoms with Gasteiger partial charge in [-0.2, -0.15) is 0 Å². The third-order valence-electron chi connectivity index (χ3n) is 3.90. The third-order valence-corrected chi connectivity index (χ3v) is 5.02. The van der Waals surface area contributed by atoms with Gasteiger partial charge in [0, 0.05) is 15.5 Å². The average Bonchev–Trinajstić information content (AvgIpc) is 2.94. The molecule has 0 aliphatic carbocycles. The van der Waals surface area contributed by atoms with E-state index in [1.54, 1.807) is 0 Å². The second-order valence-corrected chi connectivity index (χ2v) is 7.63. The second kappa shape index (κ2) is 7.89. The van der Waals surface area contributed by atoms with Crippen LogP contribution in [0.4, 0.5) is 5.13 Å². The van der Waals surface area contributed by atoms with Crippen LogP contribution in [-0.4, -0.2) is 17.5 Å². The van der Waals surface area contributed by atoms with Crippen molar-refractivity contribution in [1.82, 2.24) is 4.98 Å². The molecule has 0 spiro atoms. The summed E-state index contributed by atoms with van der Waals surface area (Å²) in [4.78, 5) is 17.8. The number of carbonyl (C=O) groups is 1. The fourth-order valence-electron chi connectivity index (χ4n) is 2.67. The zero-order valence-electron chi connectivity index (χ0n) is 14.8. The predicted octanol–water partition coefficient (Wildman–Crippen LogP) is 5.41. The molecule has 1 aromatic heterocycles. The molecule has 0 fully saturated rings. The van der Waals surface area contributed by atoms with Gasteiger partial charge >= 0.3 is 0 Å². The van der Waals surface area contributed by atoms with Crippen LogP contribution in [0, 0.1) is 20.8 Å². The Morgan fingerprint density at radius 3 is 2.54 bits per heavy atom. The Labute approximate surface area is 161 Å². The van der Waals surface area contributed by atoms with Crippen molar-refractivity contribution in [3.63, 3.8) is 0 Å². The van der Waals surface area contributed by atoms with E-state index in [2.05, 4.69) is 10.3 Å². The van der Waals surface area contributed by atoms with Gasteiger partial charge in [-0.1, -0.05) is 41.9 Å². The Bertz CT molecular complexity index is 932. The van der Waals surface area contributed by atoms with Crippen molar-refractivity contribution in [2.24, 2.45) is 0 Å². The highest BCUT2D eigenvalue weighted by Crippen LogP contribution is 2.31. The minimum atomic E-state index is -0.237. The summed E-state index contributed by atoms with van der Waals surface area (Å²) in [6.45, 7) is 5.83. The first-order chi connectivity index (χ1) is 12.4. The van der Waals surface area contributed by atoms with Gasteiger partial charge in [-0.25, -0.2) is 4.98 Å². The lowest BCUT2D eigenvalue weighted by atomic mass is 10.1. The normalized spacial score (nSPS) is 10.6. The van der Waals surface area contributed by atoms with Gasteiger partial charge in [0.1, 0.15) is 5.75 Å². The summed E-state index contributed by atoms with van der Waals surface area (Å²) in [6, 6.07) is 13.4. The Kier molecular flexibility index (Phi) is 5.59. The monoisotopic (exact) mass is 386 g/mol. The molecule has 3 aromatic rings. The number of para-hydroxylation sites is 1. The molecule has 0 saturated carbocycles. The van der Waals surface area contributed by atoms with Crippen molar-refractivity contribution in [3.05, 3.63) is 63.5 Å². The summed E-state index contributed by atoms with van der Waals surface area (Å²) < 4.78 is 5.69. The quantitative estimate of drug-likeness (QED) is 0.638. The van der Waals surface area contributed by atoms with Crippen LogP contribution in [0.1, 0.15) is 16.0 Å². The molecule has 0 radical (unpaired) electrons. The summed E-state index contributed by atoms with van der Waals surface area (Å²) in [6.07, 6.45) is 0. The highest BCUT2D eigenvalue weighted by Gasteiger charge is 2.13. The van der Waals surface area contributed by atoms with Gasteiger partial charge in [0.2, 0.25) is 0 Å². The van der Waals surface area contributed by atoms with Crippen LogP contribution >= 0.6 is 22.9 Å². The van der Waals surface area contributed by atoms with Crippen LogP contribution in [-0.2, 0) is 4.79 Å². The molecule has 134 valence electrons. The molecule has 6 heteroatoms. The fraction of sp³-hybridized carbons (Fsp3) is 0.200. The van der Waals surface area contributed by atoms with E-state index in [9.17, 15) is 4.79 Å². The summed E-state index contributed by atoms with van der Waals surface area (Å²) >= 11 is 7.48. The molecule has 0 aliphatic rings.